The van der Waals surface area contributed by atoms with Gasteiger partial charge in [-0.15, -0.1) is 0 Å². The van der Waals surface area contributed by atoms with Crippen molar-refractivity contribution < 1.29 is 0 Å². The van der Waals surface area contributed by atoms with Crippen molar-refractivity contribution >= 4 is 17.7 Å². The van der Waals surface area contributed by atoms with Crippen LogP contribution in [0.1, 0.15) is 53.4 Å². The van der Waals surface area contributed by atoms with Crippen LogP contribution < -0.4 is 0 Å². The van der Waals surface area contributed by atoms with Gasteiger partial charge in [0, 0.05) is 0 Å². The second kappa shape index (κ2) is 13.9. The molecule has 0 saturated heterocycles. The molecule has 0 saturated carbocycles. The molecule has 0 radical (unpaired) electrons. The van der Waals surface area contributed by atoms with E-state index in [2.05, 4.69) is 51.5 Å². The molecule has 0 N–H and O–H groups in total. The SMILES string of the molecule is CCCCCC.[Li][CH2]C=C(C)C. The van der Waals surface area contributed by atoms with E-state index in [-0.39, 0.29) is 0 Å². The molecule has 0 unspecified atom stereocenters. The maximum absolute atomic E-state index is 2.23. The van der Waals surface area contributed by atoms with Crippen molar-refractivity contribution in [3.05, 3.63) is 11.6 Å². The first-order valence-electron chi connectivity index (χ1n) is 5.32. The topological polar surface area (TPSA) is 0 Å². The summed E-state index contributed by atoms with van der Waals surface area (Å²) in [6.07, 6.45) is 7.74. The molecule has 0 aliphatic carbocycles. The summed E-state index contributed by atoms with van der Waals surface area (Å²) in [6.45, 7) is 8.69. The summed E-state index contributed by atoms with van der Waals surface area (Å²) in [6, 6.07) is 0. The first-order valence-corrected chi connectivity index (χ1v) is 5.32. The van der Waals surface area contributed by atoms with Crippen LogP contribution in [0, 0.1) is 0 Å². The molecule has 0 bridgehead atoms. The van der Waals surface area contributed by atoms with Gasteiger partial charge >= 0.3 is 48.3 Å². The Kier molecular flexibility index (Phi) is 17.2. The molecule has 0 aliphatic rings. The van der Waals surface area contributed by atoms with E-state index < -0.39 is 0 Å². The molecule has 0 heterocycles. The summed E-state index contributed by atoms with van der Waals surface area (Å²) >= 11 is 2.15. The Labute approximate surface area is 88.0 Å². The van der Waals surface area contributed by atoms with Gasteiger partial charge in [-0.1, -0.05) is 39.5 Å². The fourth-order valence-corrected chi connectivity index (χ4v) is 0.908. The van der Waals surface area contributed by atoms with Crippen molar-refractivity contribution in [3.8, 4) is 0 Å². The van der Waals surface area contributed by atoms with E-state index in [1.54, 1.807) is 0 Å². The number of hydrogen-bond acceptors (Lipinski definition) is 0. The van der Waals surface area contributed by atoms with Gasteiger partial charge in [-0.2, -0.15) is 0 Å². The molecule has 68 valence electrons. The van der Waals surface area contributed by atoms with Crippen LogP contribution in [0.5, 0.6) is 0 Å². The molecule has 0 aromatic heterocycles. The Bertz CT molecular complexity index is 87.2. The van der Waals surface area contributed by atoms with Crippen molar-refractivity contribution in [2.75, 3.05) is 0 Å². The van der Waals surface area contributed by atoms with Gasteiger partial charge in [-0.3, -0.25) is 0 Å². The molecule has 0 fully saturated rings. The van der Waals surface area contributed by atoms with E-state index in [9.17, 15) is 0 Å². The molecule has 0 aromatic rings. The predicted molar refractivity (Wildman–Crippen MR) is 59.8 cm³/mol. The number of hydrogen-bond donors (Lipinski definition) is 0. The van der Waals surface area contributed by atoms with Gasteiger partial charge < -0.3 is 0 Å². The number of unbranched alkanes of at least 4 members (excludes halogenated alkanes) is 3. The van der Waals surface area contributed by atoms with Crippen LogP contribution in [-0.2, 0) is 0 Å². The Morgan fingerprint density at radius 2 is 1.50 bits per heavy atom. The molecule has 0 rings (SSSR count). The minimum absolute atomic E-state index is 1.17. The zero-order chi connectivity index (χ0) is 9.82. The third-order valence-electron chi connectivity index (χ3n) is 1.57. The average Bonchev–Trinajstić information content (AvgIpc) is 2.02. The predicted octanol–water partition coefficient (Wildman–Crippen LogP) is 4.13. The molecule has 0 amide bonds. The Morgan fingerprint density at radius 3 is 1.58 bits per heavy atom. The van der Waals surface area contributed by atoms with Crippen molar-refractivity contribution in [2.24, 2.45) is 0 Å². The van der Waals surface area contributed by atoms with E-state index in [0.717, 1.165) is 0 Å². The van der Waals surface area contributed by atoms with E-state index in [0.29, 0.717) is 0 Å². The quantitative estimate of drug-likeness (QED) is 0.331. The van der Waals surface area contributed by atoms with Crippen LogP contribution >= 0.6 is 0 Å². The summed E-state index contributed by atoms with van der Waals surface area (Å²) in [7, 11) is 0. The van der Waals surface area contributed by atoms with Gasteiger partial charge in [-0.05, 0) is 0 Å². The van der Waals surface area contributed by atoms with Gasteiger partial charge in [0.1, 0.15) is 0 Å². The average molecular weight is 162 g/mol. The molecule has 12 heavy (non-hydrogen) atoms. The molecule has 0 nitrogen and oxygen atoms in total. The van der Waals surface area contributed by atoms with E-state index in [1.165, 1.54) is 36.4 Å². The summed E-state index contributed by atoms with van der Waals surface area (Å²) in [5.41, 5.74) is 1.41. The van der Waals surface area contributed by atoms with Gasteiger partial charge in [0.15, 0.2) is 0 Å². The van der Waals surface area contributed by atoms with Gasteiger partial charge in [0.2, 0.25) is 0 Å². The van der Waals surface area contributed by atoms with Crippen LogP contribution in [0.15, 0.2) is 11.6 Å². The zero-order valence-corrected chi connectivity index (χ0v) is 9.61. The number of rotatable bonds is 4. The van der Waals surface area contributed by atoms with Crippen LogP contribution in [0.25, 0.3) is 0 Å². The molecule has 1 heteroatoms. The molecule has 0 aromatic carbocycles. The molecular weight excluding hydrogens is 139 g/mol. The summed E-state index contributed by atoms with van der Waals surface area (Å²) in [5.74, 6) is 0. The molecule has 0 spiro atoms. The van der Waals surface area contributed by atoms with Gasteiger partial charge in [-0.25, -0.2) is 0 Å². The van der Waals surface area contributed by atoms with Crippen molar-refractivity contribution in [1.82, 2.24) is 0 Å². The molecular formula is C11H23Li. The summed E-state index contributed by atoms with van der Waals surface area (Å²) in [4.78, 5) is 0. The van der Waals surface area contributed by atoms with Crippen LogP contribution in [0.2, 0.25) is 5.09 Å². The zero-order valence-electron chi connectivity index (χ0n) is 9.61. The monoisotopic (exact) mass is 162 g/mol. The Morgan fingerprint density at radius 1 is 1.08 bits per heavy atom. The number of allylic oxidation sites excluding steroid dienone is 2. The molecule has 0 atom stereocenters. The maximum atomic E-state index is 2.23. The van der Waals surface area contributed by atoms with Crippen molar-refractivity contribution in [3.63, 3.8) is 0 Å². The van der Waals surface area contributed by atoms with Gasteiger partial charge in [0.05, 0.1) is 0 Å². The van der Waals surface area contributed by atoms with E-state index in [4.69, 9.17) is 0 Å². The first-order chi connectivity index (χ1) is 5.68. The fourth-order valence-electron chi connectivity index (χ4n) is 0.908. The summed E-state index contributed by atoms with van der Waals surface area (Å²) in [5, 5.41) is 1.17. The minimum atomic E-state index is 1.17. The first kappa shape index (κ1) is 14.8. The molecule has 0 aliphatic heterocycles. The third-order valence-corrected chi connectivity index (χ3v) is 1.57. The Hall–Kier alpha value is 0.337. The summed E-state index contributed by atoms with van der Waals surface area (Å²) < 4.78 is 0. The van der Waals surface area contributed by atoms with Gasteiger partial charge in [0.25, 0.3) is 0 Å². The van der Waals surface area contributed by atoms with Crippen molar-refractivity contribution in [1.29, 1.82) is 0 Å². The second-order valence-electron chi connectivity index (χ2n) is 3.40. The third kappa shape index (κ3) is 22.4. The van der Waals surface area contributed by atoms with Crippen molar-refractivity contribution in [2.45, 2.75) is 58.5 Å². The van der Waals surface area contributed by atoms with Crippen LogP contribution in [0.3, 0.4) is 0 Å². The van der Waals surface area contributed by atoms with Crippen LogP contribution in [0.4, 0.5) is 0 Å². The van der Waals surface area contributed by atoms with Crippen LogP contribution in [-0.4, -0.2) is 17.7 Å². The normalized spacial score (nSPS) is 8.50. The van der Waals surface area contributed by atoms with E-state index in [1.807, 2.05) is 0 Å². The standard InChI is InChI=1S/C6H14.C5H9.Li/c1-3-5-6-4-2;1-4-5(2)3;/h3-6H2,1-2H3;4H,1H2,2-3H3;. The fraction of sp³-hybridized carbons (Fsp3) is 0.818. The second-order valence-corrected chi connectivity index (χ2v) is 3.40. The Balaban J connectivity index is 0. The van der Waals surface area contributed by atoms with E-state index >= 15 is 0 Å².